The van der Waals surface area contributed by atoms with E-state index in [9.17, 15) is 0 Å². The molecule has 1 aliphatic heterocycles. The summed E-state index contributed by atoms with van der Waals surface area (Å²) in [6.45, 7) is 8.67. The number of hydrogen-bond donors (Lipinski definition) is 1. The van der Waals surface area contributed by atoms with Crippen molar-refractivity contribution in [3.63, 3.8) is 0 Å². The molecule has 1 aromatic heterocycles. The Hall–Kier alpha value is -1.16. The van der Waals surface area contributed by atoms with Gasteiger partial charge < -0.3 is 10.2 Å². The van der Waals surface area contributed by atoms with Gasteiger partial charge in [-0.3, -0.25) is 0 Å². The Kier molecular flexibility index (Phi) is 2.84. The van der Waals surface area contributed by atoms with Gasteiger partial charge in [-0.1, -0.05) is 20.8 Å². The van der Waals surface area contributed by atoms with Gasteiger partial charge in [0.2, 0.25) is 0 Å². The summed E-state index contributed by atoms with van der Waals surface area (Å²) >= 11 is 0. The highest BCUT2D eigenvalue weighted by Crippen LogP contribution is 2.21. The average Bonchev–Trinajstić information content (AvgIpc) is 2.14. The number of aromatic nitrogens is 2. The molecule has 1 saturated heterocycles. The summed E-state index contributed by atoms with van der Waals surface area (Å²) in [7, 11) is 2.12. The van der Waals surface area contributed by atoms with E-state index in [1.54, 1.807) is 6.33 Å². The van der Waals surface area contributed by atoms with Crippen LogP contribution in [0.15, 0.2) is 12.4 Å². The predicted octanol–water partition coefficient (Wildman–Crippen LogP) is 1.50. The second-order valence-electron chi connectivity index (χ2n) is 5.60. The van der Waals surface area contributed by atoms with Crippen molar-refractivity contribution >= 4 is 5.82 Å². The monoisotopic (exact) mass is 220 g/mol. The molecule has 0 unspecified atom stereocenters. The second kappa shape index (κ2) is 4.01. The third-order valence-corrected chi connectivity index (χ3v) is 2.85. The number of nitrogens with zero attached hydrogens (tertiary/aromatic N) is 3. The Labute approximate surface area is 97.1 Å². The first-order chi connectivity index (χ1) is 7.45. The van der Waals surface area contributed by atoms with E-state index < -0.39 is 0 Å². The van der Waals surface area contributed by atoms with Crippen LogP contribution in [0.5, 0.6) is 0 Å². The zero-order valence-electron chi connectivity index (χ0n) is 10.5. The van der Waals surface area contributed by atoms with Crippen molar-refractivity contribution in [2.24, 2.45) is 0 Å². The average molecular weight is 220 g/mol. The first kappa shape index (κ1) is 11.3. The maximum atomic E-state index is 4.32. The van der Waals surface area contributed by atoms with Crippen molar-refractivity contribution in [1.82, 2.24) is 14.9 Å². The van der Waals surface area contributed by atoms with E-state index in [0.29, 0.717) is 6.04 Å². The fourth-order valence-corrected chi connectivity index (χ4v) is 1.85. The lowest BCUT2D eigenvalue weighted by molar-refractivity contribution is 0.205. The summed E-state index contributed by atoms with van der Waals surface area (Å²) in [5.74, 6) is 0.943. The molecule has 0 radical (unpaired) electrons. The SMILES string of the molecule is CN1CC(Nc2cc(C(C)(C)C)ncn2)C1. The van der Waals surface area contributed by atoms with Crippen molar-refractivity contribution in [1.29, 1.82) is 0 Å². The fourth-order valence-electron chi connectivity index (χ4n) is 1.85. The van der Waals surface area contributed by atoms with Crippen LogP contribution in [-0.2, 0) is 5.41 Å². The molecule has 1 fully saturated rings. The molecule has 16 heavy (non-hydrogen) atoms. The van der Waals surface area contributed by atoms with Crippen LogP contribution in [0.25, 0.3) is 0 Å². The lowest BCUT2D eigenvalue weighted by Crippen LogP contribution is -2.52. The topological polar surface area (TPSA) is 41.0 Å². The minimum absolute atomic E-state index is 0.0791. The molecule has 0 spiro atoms. The van der Waals surface area contributed by atoms with Gasteiger partial charge in [0.05, 0.1) is 11.7 Å². The Morgan fingerprint density at radius 2 is 2.00 bits per heavy atom. The highest BCUT2D eigenvalue weighted by atomic mass is 15.2. The third-order valence-electron chi connectivity index (χ3n) is 2.85. The van der Waals surface area contributed by atoms with E-state index in [1.165, 1.54) is 0 Å². The molecule has 2 heterocycles. The van der Waals surface area contributed by atoms with Crippen LogP contribution >= 0.6 is 0 Å². The smallest absolute Gasteiger partial charge is 0.129 e. The standard InChI is InChI=1S/C12H20N4/c1-12(2,3)10-5-11(14-8-13-10)15-9-6-16(4)7-9/h5,8-9H,6-7H2,1-4H3,(H,13,14,15). The molecule has 1 aliphatic rings. The van der Waals surface area contributed by atoms with Crippen LogP contribution in [-0.4, -0.2) is 41.0 Å². The molecule has 4 heteroatoms. The number of likely N-dealkylation sites (N-methyl/N-ethyl adjacent to an activating group) is 1. The van der Waals surface area contributed by atoms with Gasteiger partial charge in [0.15, 0.2) is 0 Å². The number of nitrogens with one attached hydrogen (secondary N) is 1. The number of rotatable bonds is 2. The second-order valence-corrected chi connectivity index (χ2v) is 5.60. The number of hydrogen-bond acceptors (Lipinski definition) is 4. The van der Waals surface area contributed by atoms with Crippen LogP contribution < -0.4 is 5.32 Å². The van der Waals surface area contributed by atoms with Gasteiger partial charge >= 0.3 is 0 Å². The van der Waals surface area contributed by atoms with Crippen molar-refractivity contribution in [3.8, 4) is 0 Å². The normalized spacial score (nSPS) is 18.2. The summed E-state index contributed by atoms with van der Waals surface area (Å²) in [6, 6.07) is 2.59. The van der Waals surface area contributed by atoms with E-state index >= 15 is 0 Å². The first-order valence-electron chi connectivity index (χ1n) is 5.73. The van der Waals surface area contributed by atoms with Crippen molar-refractivity contribution in [2.75, 3.05) is 25.5 Å². The summed E-state index contributed by atoms with van der Waals surface area (Å²) < 4.78 is 0. The Morgan fingerprint density at radius 3 is 2.56 bits per heavy atom. The third kappa shape index (κ3) is 2.50. The van der Waals surface area contributed by atoms with Gasteiger partial charge in [-0.25, -0.2) is 9.97 Å². The van der Waals surface area contributed by atoms with Gasteiger partial charge in [0, 0.05) is 24.6 Å². The van der Waals surface area contributed by atoms with Crippen molar-refractivity contribution < 1.29 is 0 Å². The van der Waals surface area contributed by atoms with Crippen molar-refractivity contribution in [3.05, 3.63) is 18.1 Å². The van der Waals surface area contributed by atoms with Crippen LogP contribution in [0.2, 0.25) is 0 Å². The molecular formula is C12H20N4. The van der Waals surface area contributed by atoms with E-state index in [0.717, 1.165) is 24.6 Å². The van der Waals surface area contributed by atoms with Gasteiger partial charge in [0.25, 0.3) is 0 Å². The maximum Gasteiger partial charge on any atom is 0.129 e. The molecule has 1 aromatic rings. The highest BCUT2D eigenvalue weighted by molar-refractivity contribution is 5.38. The fraction of sp³-hybridized carbons (Fsp3) is 0.667. The van der Waals surface area contributed by atoms with E-state index in [2.05, 4.69) is 54.1 Å². The minimum atomic E-state index is 0.0791. The number of likely N-dealkylation sites (tertiary alicyclic amines) is 1. The molecule has 0 atom stereocenters. The van der Waals surface area contributed by atoms with E-state index in [-0.39, 0.29) is 5.41 Å². The number of anilines is 1. The van der Waals surface area contributed by atoms with Crippen LogP contribution in [0.4, 0.5) is 5.82 Å². The lowest BCUT2D eigenvalue weighted by Gasteiger charge is -2.37. The van der Waals surface area contributed by atoms with Gasteiger partial charge in [-0.15, -0.1) is 0 Å². The van der Waals surface area contributed by atoms with Gasteiger partial charge in [0.1, 0.15) is 12.1 Å². The van der Waals surface area contributed by atoms with Crippen molar-refractivity contribution in [2.45, 2.75) is 32.2 Å². The summed E-state index contributed by atoms with van der Waals surface area (Å²) in [5, 5.41) is 3.43. The summed E-state index contributed by atoms with van der Waals surface area (Å²) in [6.07, 6.45) is 1.64. The molecule has 2 rings (SSSR count). The van der Waals surface area contributed by atoms with Crippen LogP contribution in [0.1, 0.15) is 26.5 Å². The van der Waals surface area contributed by atoms with E-state index in [4.69, 9.17) is 0 Å². The minimum Gasteiger partial charge on any atom is -0.365 e. The van der Waals surface area contributed by atoms with Gasteiger partial charge in [-0.05, 0) is 7.05 Å². The molecule has 0 aromatic carbocycles. The largest absolute Gasteiger partial charge is 0.365 e. The predicted molar refractivity (Wildman–Crippen MR) is 65.6 cm³/mol. The van der Waals surface area contributed by atoms with Crippen LogP contribution in [0.3, 0.4) is 0 Å². The zero-order chi connectivity index (χ0) is 11.8. The molecule has 0 bridgehead atoms. The molecule has 0 amide bonds. The maximum absolute atomic E-state index is 4.32. The Balaban J connectivity index is 2.05. The summed E-state index contributed by atoms with van der Waals surface area (Å²) in [4.78, 5) is 10.9. The van der Waals surface area contributed by atoms with Gasteiger partial charge in [-0.2, -0.15) is 0 Å². The quantitative estimate of drug-likeness (QED) is 0.820. The zero-order valence-corrected chi connectivity index (χ0v) is 10.5. The highest BCUT2D eigenvalue weighted by Gasteiger charge is 2.23. The lowest BCUT2D eigenvalue weighted by atomic mass is 9.92. The Morgan fingerprint density at radius 1 is 1.31 bits per heavy atom. The van der Waals surface area contributed by atoms with Crippen LogP contribution in [0, 0.1) is 0 Å². The molecule has 0 saturated carbocycles. The first-order valence-corrected chi connectivity index (χ1v) is 5.73. The molecule has 1 N–H and O–H groups in total. The molecular weight excluding hydrogens is 200 g/mol. The molecule has 88 valence electrons. The molecule has 0 aliphatic carbocycles. The Bertz CT molecular complexity index is 364. The molecule has 4 nitrogen and oxygen atoms in total. The van der Waals surface area contributed by atoms with E-state index in [1.807, 2.05) is 0 Å². The summed E-state index contributed by atoms with van der Waals surface area (Å²) in [5.41, 5.74) is 1.16.